The topological polar surface area (TPSA) is 70.4 Å². The van der Waals surface area contributed by atoms with E-state index in [0.29, 0.717) is 17.6 Å². The number of halogens is 2. The maximum absolute atomic E-state index is 5.96. The van der Waals surface area contributed by atoms with Crippen LogP contribution in [-0.2, 0) is 6.54 Å². The van der Waals surface area contributed by atoms with Gasteiger partial charge in [-0.1, -0.05) is 17.7 Å². The zero-order valence-corrected chi connectivity index (χ0v) is 20.5. The van der Waals surface area contributed by atoms with Crippen molar-refractivity contribution in [3.8, 4) is 5.69 Å². The Bertz CT molecular complexity index is 967. The summed E-state index contributed by atoms with van der Waals surface area (Å²) in [5, 5.41) is 12.1. The lowest BCUT2D eigenvalue weighted by Crippen LogP contribution is -2.48. The molecule has 0 spiro atoms. The van der Waals surface area contributed by atoms with Gasteiger partial charge in [0.25, 0.3) is 0 Å². The molecule has 0 saturated carbocycles. The lowest BCUT2D eigenvalue weighted by Gasteiger charge is -2.33. The van der Waals surface area contributed by atoms with Crippen LogP contribution in [0.4, 0.5) is 5.82 Å². The molecule has 7 nitrogen and oxygen atoms in total. The van der Waals surface area contributed by atoms with E-state index in [1.54, 1.807) is 7.05 Å². The van der Waals surface area contributed by atoms with Crippen LogP contribution < -0.4 is 15.5 Å². The van der Waals surface area contributed by atoms with Crippen molar-refractivity contribution in [1.82, 2.24) is 25.4 Å². The molecule has 3 aromatic rings. The molecule has 164 valence electrons. The van der Waals surface area contributed by atoms with Gasteiger partial charge in [0.2, 0.25) is 0 Å². The number of piperidine rings is 1. The van der Waals surface area contributed by atoms with Crippen LogP contribution in [-0.4, -0.2) is 46.9 Å². The average Bonchev–Trinajstić information content (AvgIpc) is 3.27. The Morgan fingerprint density at radius 1 is 1.16 bits per heavy atom. The van der Waals surface area contributed by atoms with E-state index in [1.165, 1.54) is 0 Å². The molecule has 2 N–H and O–H groups in total. The maximum Gasteiger partial charge on any atom is 0.191 e. The van der Waals surface area contributed by atoms with Gasteiger partial charge >= 0.3 is 0 Å². The van der Waals surface area contributed by atoms with E-state index in [9.17, 15) is 0 Å². The average molecular weight is 552 g/mol. The fraction of sp³-hybridized carbons (Fsp3) is 0.318. The van der Waals surface area contributed by atoms with Gasteiger partial charge in [-0.3, -0.25) is 4.99 Å². The largest absolute Gasteiger partial charge is 0.356 e. The number of anilines is 1. The summed E-state index contributed by atoms with van der Waals surface area (Å²) >= 11 is 5.96. The summed E-state index contributed by atoms with van der Waals surface area (Å²) in [6, 6.07) is 14.1. The molecule has 3 heterocycles. The fourth-order valence-electron chi connectivity index (χ4n) is 3.55. The van der Waals surface area contributed by atoms with Crippen LogP contribution in [0.2, 0.25) is 5.02 Å². The van der Waals surface area contributed by atoms with Crippen molar-refractivity contribution in [3.63, 3.8) is 0 Å². The molecule has 0 amide bonds. The van der Waals surface area contributed by atoms with Crippen LogP contribution in [0.25, 0.3) is 5.69 Å². The normalized spacial score (nSPS) is 14.8. The smallest absolute Gasteiger partial charge is 0.191 e. The SMILES string of the molecule is CN=C(NCc1cnn(-c2ccc(Cl)cc2)c1)NC1CCN(c2ccccn2)CC1.I. The number of nitrogens with one attached hydrogen (secondary N) is 2. The number of nitrogens with zero attached hydrogens (tertiary/aromatic N) is 5. The summed E-state index contributed by atoms with van der Waals surface area (Å²) in [6.45, 7) is 2.62. The standard InChI is InChI=1S/C22H26ClN7.HI/c1-24-22(28-19-9-12-29(13-10-19)21-4-2-3-11-25-21)26-14-17-15-27-30(16-17)20-7-5-18(23)6-8-20;/h2-8,11,15-16,19H,9-10,12-14H2,1H3,(H2,24,26,28);1H. The molecule has 9 heteroatoms. The number of hydrogen-bond acceptors (Lipinski definition) is 4. The molecular weight excluding hydrogens is 525 g/mol. The quantitative estimate of drug-likeness (QED) is 0.286. The minimum absolute atomic E-state index is 0. The first-order valence-corrected chi connectivity index (χ1v) is 10.5. The Balaban J connectivity index is 0.00000272. The molecule has 1 fully saturated rings. The lowest BCUT2D eigenvalue weighted by atomic mass is 10.1. The molecule has 0 aliphatic carbocycles. The Hall–Kier alpha value is -2.33. The molecule has 1 saturated heterocycles. The van der Waals surface area contributed by atoms with Crippen LogP contribution >= 0.6 is 35.6 Å². The second kappa shape index (κ2) is 11.3. The molecule has 0 atom stereocenters. The molecule has 4 rings (SSSR count). The summed E-state index contributed by atoms with van der Waals surface area (Å²) in [6.07, 6.45) is 7.81. The maximum atomic E-state index is 5.96. The van der Waals surface area contributed by atoms with Crippen molar-refractivity contribution in [2.45, 2.75) is 25.4 Å². The van der Waals surface area contributed by atoms with Gasteiger partial charge in [0, 0.05) is 55.7 Å². The number of rotatable bonds is 5. The van der Waals surface area contributed by atoms with Gasteiger partial charge in [-0.25, -0.2) is 9.67 Å². The number of guanidine groups is 1. The number of aromatic nitrogens is 3. The molecule has 1 aromatic carbocycles. The molecular formula is C22H27ClIN7. The van der Waals surface area contributed by atoms with Gasteiger partial charge in [-0.05, 0) is 49.2 Å². The zero-order valence-electron chi connectivity index (χ0n) is 17.4. The van der Waals surface area contributed by atoms with Gasteiger partial charge < -0.3 is 15.5 Å². The molecule has 2 aromatic heterocycles. The summed E-state index contributed by atoms with van der Waals surface area (Å²) in [4.78, 5) is 11.2. The highest BCUT2D eigenvalue weighted by Gasteiger charge is 2.20. The second-order valence-corrected chi connectivity index (χ2v) is 7.73. The zero-order chi connectivity index (χ0) is 20.8. The highest BCUT2D eigenvalue weighted by atomic mass is 127. The Labute approximate surface area is 204 Å². The number of benzene rings is 1. The summed E-state index contributed by atoms with van der Waals surface area (Å²) in [5.41, 5.74) is 2.06. The van der Waals surface area contributed by atoms with Crippen molar-refractivity contribution in [2.24, 2.45) is 4.99 Å². The van der Waals surface area contributed by atoms with E-state index < -0.39 is 0 Å². The highest BCUT2D eigenvalue weighted by molar-refractivity contribution is 14.0. The van der Waals surface area contributed by atoms with Crippen molar-refractivity contribution in [1.29, 1.82) is 0 Å². The Morgan fingerprint density at radius 3 is 2.61 bits per heavy atom. The lowest BCUT2D eigenvalue weighted by molar-refractivity contribution is 0.459. The Morgan fingerprint density at radius 2 is 1.94 bits per heavy atom. The number of hydrogen-bond donors (Lipinski definition) is 2. The van der Waals surface area contributed by atoms with Crippen LogP contribution in [0.3, 0.4) is 0 Å². The number of pyridine rings is 1. The van der Waals surface area contributed by atoms with Crippen LogP contribution in [0.15, 0.2) is 66.0 Å². The van der Waals surface area contributed by atoms with Crippen LogP contribution in [0.1, 0.15) is 18.4 Å². The van der Waals surface area contributed by atoms with E-state index in [4.69, 9.17) is 11.6 Å². The van der Waals surface area contributed by atoms with Crippen LogP contribution in [0, 0.1) is 0 Å². The van der Waals surface area contributed by atoms with Gasteiger partial charge in [-0.2, -0.15) is 5.10 Å². The van der Waals surface area contributed by atoms with E-state index in [0.717, 1.165) is 49.0 Å². The molecule has 0 radical (unpaired) electrons. The monoisotopic (exact) mass is 551 g/mol. The minimum atomic E-state index is 0. The van der Waals surface area contributed by atoms with Crippen molar-refractivity contribution >= 4 is 47.4 Å². The first-order chi connectivity index (χ1) is 14.7. The van der Waals surface area contributed by atoms with Crippen LogP contribution in [0.5, 0.6) is 0 Å². The van der Waals surface area contributed by atoms with Crippen molar-refractivity contribution in [2.75, 3.05) is 25.0 Å². The van der Waals surface area contributed by atoms with E-state index in [1.807, 2.05) is 59.7 Å². The van der Waals surface area contributed by atoms with E-state index in [-0.39, 0.29) is 24.0 Å². The summed E-state index contributed by atoms with van der Waals surface area (Å²) in [7, 11) is 1.80. The van der Waals surface area contributed by atoms with Crippen molar-refractivity contribution in [3.05, 3.63) is 71.6 Å². The van der Waals surface area contributed by atoms with E-state index in [2.05, 4.69) is 36.7 Å². The first-order valence-electron chi connectivity index (χ1n) is 10.1. The van der Waals surface area contributed by atoms with E-state index >= 15 is 0 Å². The highest BCUT2D eigenvalue weighted by Crippen LogP contribution is 2.17. The van der Waals surface area contributed by atoms with Gasteiger partial charge in [0.05, 0.1) is 11.9 Å². The second-order valence-electron chi connectivity index (χ2n) is 7.29. The molecule has 1 aliphatic rings. The summed E-state index contributed by atoms with van der Waals surface area (Å²) in [5.74, 6) is 1.86. The summed E-state index contributed by atoms with van der Waals surface area (Å²) < 4.78 is 1.84. The minimum Gasteiger partial charge on any atom is -0.356 e. The first kappa shape index (κ1) is 23.3. The third-order valence-corrected chi connectivity index (χ3v) is 5.47. The van der Waals surface area contributed by atoms with Gasteiger partial charge in [0.15, 0.2) is 5.96 Å². The predicted octanol–water partition coefficient (Wildman–Crippen LogP) is 3.87. The fourth-order valence-corrected chi connectivity index (χ4v) is 3.68. The molecule has 0 bridgehead atoms. The van der Waals surface area contributed by atoms with Gasteiger partial charge in [0.1, 0.15) is 5.82 Å². The third kappa shape index (κ3) is 6.33. The number of aliphatic imine (C=N–C) groups is 1. The third-order valence-electron chi connectivity index (χ3n) is 5.22. The Kier molecular flexibility index (Phi) is 8.53. The molecule has 1 aliphatic heterocycles. The predicted molar refractivity (Wildman–Crippen MR) is 137 cm³/mol. The molecule has 0 unspecified atom stereocenters. The molecule has 31 heavy (non-hydrogen) atoms. The van der Waals surface area contributed by atoms with Crippen molar-refractivity contribution < 1.29 is 0 Å². The van der Waals surface area contributed by atoms with Gasteiger partial charge in [-0.15, -0.1) is 24.0 Å².